The van der Waals surface area contributed by atoms with Gasteiger partial charge in [0.1, 0.15) is 6.17 Å². The Bertz CT molecular complexity index is 1020. The van der Waals surface area contributed by atoms with Crippen LogP contribution in [-0.2, 0) is 24.0 Å². The summed E-state index contributed by atoms with van der Waals surface area (Å²) in [6, 6.07) is 5.56. The average Bonchev–Trinajstić information content (AvgIpc) is 3.80. The molecule has 0 spiro atoms. The summed E-state index contributed by atoms with van der Waals surface area (Å²) < 4.78 is 50.3. The molecule has 0 amide bonds. The van der Waals surface area contributed by atoms with Crippen LogP contribution >= 0.6 is 0 Å². The van der Waals surface area contributed by atoms with Crippen LogP contribution in [0.1, 0.15) is 126 Å². The largest absolute Gasteiger partial charge is 0.375 e. The number of nitrogens with zero attached hydrogens (tertiary/aromatic N) is 1. The summed E-state index contributed by atoms with van der Waals surface area (Å²) in [5.74, 6) is -0.602. The zero-order valence-electron chi connectivity index (χ0n) is 24.7. The molecule has 0 N–H and O–H groups in total. The topological polar surface area (TPSA) is 22.1 Å². The highest BCUT2D eigenvalue weighted by Gasteiger charge is 2.27. The summed E-state index contributed by atoms with van der Waals surface area (Å²) in [7, 11) is 0. The highest BCUT2D eigenvalue weighted by atomic mass is 19.2. The molecular formula is C35H50F3NO. The Morgan fingerprint density at radius 1 is 0.900 bits per heavy atom. The van der Waals surface area contributed by atoms with E-state index in [9.17, 15) is 4.39 Å². The number of fused-ring (bicyclic) bond motifs is 1. The van der Waals surface area contributed by atoms with Crippen molar-refractivity contribution in [3.05, 3.63) is 52.7 Å². The molecule has 1 saturated carbocycles. The van der Waals surface area contributed by atoms with E-state index < -0.39 is 17.8 Å². The van der Waals surface area contributed by atoms with Crippen molar-refractivity contribution in [3.63, 3.8) is 0 Å². The second-order valence-electron chi connectivity index (χ2n) is 12.3. The van der Waals surface area contributed by atoms with E-state index in [1.54, 1.807) is 6.07 Å². The van der Waals surface area contributed by atoms with Crippen LogP contribution in [0.2, 0.25) is 0 Å². The fourth-order valence-corrected chi connectivity index (χ4v) is 6.04. The predicted molar refractivity (Wildman–Crippen MR) is 158 cm³/mol. The number of hydrogen-bond donors (Lipinski definition) is 0. The minimum Gasteiger partial charge on any atom is -0.375 e. The predicted octanol–water partition coefficient (Wildman–Crippen LogP) is 10.3. The van der Waals surface area contributed by atoms with Crippen molar-refractivity contribution < 1.29 is 17.9 Å². The molecule has 1 aromatic carbocycles. The second kappa shape index (κ2) is 16.5. The molecule has 40 heavy (non-hydrogen) atoms. The van der Waals surface area contributed by atoms with Crippen LogP contribution in [0.15, 0.2) is 24.4 Å². The second-order valence-corrected chi connectivity index (χ2v) is 12.3. The van der Waals surface area contributed by atoms with Crippen LogP contribution in [0.3, 0.4) is 0 Å². The number of aromatic nitrogens is 1. The Hall–Kier alpha value is -1.88. The highest BCUT2D eigenvalue weighted by Crippen LogP contribution is 2.35. The molecule has 1 heterocycles. The van der Waals surface area contributed by atoms with Crippen molar-refractivity contribution >= 4 is 0 Å². The van der Waals surface area contributed by atoms with Crippen LogP contribution in [0, 0.1) is 17.6 Å². The van der Waals surface area contributed by atoms with Crippen LogP contribution in [-0.4, -0.2) is 23.9 Å². The number of hydrogen-bond acceptors (Lipinski definition) is 2. The van der Waals surface area contributed by atoms with Crippen molar-refractivity contribution in [2.24, 2.45) is 5.92 Å². The minimum absolute atomic E-state index is 0.0327. The molecule has 1 fully saturated rings. The van der Waals surface area contributed by atoms with Crippen molar-refractivity contribution in [2.75, 3.05) is 6.61 Å². The monoisotopic (exact) mass is 557 g/mol. The van der Waals surface area contributed by atoms with Gasteiger partial charge in [0.2, 0.25) is 0 Å². The van der Waals surface area contributed by atoms with Crippen molar-refractivity contribution in [3.8, 4) is 11.3 Å². The lowest BCUT2D eigenvalue weighted by molar-refractivity contribution is 0.00865. The van der Waals surface area contributed by atoms with Crippen LogP contribution in [0.4, 0.5) is 13.2 Å². The molecule has 2 aliphatic rings. The van der Waals surface area contributed by atoms with Gasteiger partial charge in [-0.1, -0.05) is 96.5 Å². The van der Waals surface area contributed by atoms with Gasteiger partial charge in [-0.15, -0.1) is 0 Å². The molecule has 2 nitrogen and oxygen atoms in total. The van der Waals surface area contributed by atoms with Gasteiger partial charge in [-0.25, -0.2) is 13.2 Å². The zero-order valence-corrected chi connectivity index (χ0v) is 24.7. The molecule has 0 radical (unpaired) electrons. The third kappa shape index (κ3) is 9.89. The van der Waals surface area contributed by atoms with E-state index in [0.29, 0.717) is 30.5 Å². The standard InChI is InChI=1S/C35H50F3NO/c1-2-3-4-12-15-29(36)25-40-30-20-19-28-22-32(35(38)34(37)31(28)23-30)33-21-18-27(24-39-33)14-11-9-7-5-6-8-10-13-26-16-17-26/h18,21-22,24,26,29-30H,2-17,19-20,23,25H2,1H3. The van der Waals surface area contributed by atoms with Gasteiger partial charge in [0.15, 0.2) is 11.6 Å². The summed E-state index contributed by atoms with van der Waals surface area (Å²) in [6.07, 6.45) is 21.2. The summed E-state index contributed by atoms with van der Waals surface area (Å²) >= 11 is 0. The van der Waals surface area contributed by atoms with Gasteiger partial charge in [-0.2, -0.15) is 0 Å². The Kier molecular flexibility index (Phi) is 12.8. The lowest BCUT2D eigenvalue weighted by Gasteiger charge is -2.26. The van der Waals surface area contributed by atoms with Gasteiger partial charge in [-0.05, 0) is 66.8 Å². The highest BCUT2D eigenvalue weighted by molar-refractivity contribution is 5.63. The average molecular weight is 558 g/mol. The number of pyridine rings is 1. The van der Waals surface area contributed by atoms with E-state index in [-0.39, 0.29) is 24.7 Å². The van der Waals surface area contributed by atoms with Gasteiger partial charge in [-0.3, -0.25) is 4.98 Å². The van der Waals surface area contributed by atoms with Crippen LogP contribution in [0.25, 0.3) is 11.3 Å². The minimum atomic E-state index is -0.998. The summed E-state index contributed by atoms with van der Waals surface area (Å²) in [5, 5.41) is 0. The van der Waals surface area contributed by atoms with E-state index >= 15 is 8.78 Å². The lowest BCUT2D eigenvalue weighted by atomic mass is 9.87. The summed E-state index contributed by atoms with van der Waals surface area (Å²) in [6.45, 7) is 2.17. The van der Waals surface area contributed by atoms with Gasteiger partial charge in [0.05, 0.1) is 18.4 Å². The molecule has 2 aromatic rings. The molecule has 0 bridgehead atoms. The number of alkyl halides is 1. The van der Waals surface area contributed by atoms with Gasteiger partial charge >= 0.3 is 0 Å². The molecular weight excluding hydrogens is 507 g/mol. The lowest BCUT2D eigenvalue weighted by Crippen LogP contribution is -2.27. The molecule has 0 saturated heterocycles. The fourth-order valence-electron chi connectivity index (χ4n) is 6.04. The van der Waals surface area contributed by atoms with E-state index in [1.807, 2.05) is 18.3 Å². The molecule has 2 atom stereocenters. The Morgan fingerprint density at radius 2 is 1.65 bits per heavy atom. The summed E-state index contributed by atoms with van der Waals surface area (Å²) in [5.41, 5.74) is 3.01. The molecule has 2 aliphatic carbocycles. The first-order chi connectivity index (χ1) is 19.5. The quantitative estimate of drug-likeness (QED) is 0.160. The molecule has 5 heteroatoms. The first kappa shape index (κ1) is 31.1. The van der Waals surface area contributed by atoms with Crippen LogP contribution in [0.5, 0.6) is 0 Å². The van der Waals surface area contributed by atoms with E-state index in [2.05, 4.69) is 11.9 Å². The van der Waals surface area contributed by atoms with Crippen LogP contribution < -0.4 is 0 Å². The fraction of sp³-hybridized carbons (Fsp3) is 0.686. The Labute approximate surface area is 240 Å². The molecule has 4 rings (SSSR count). The molecule has 222 valence electrons. The van der Waals surface area contributed by atoms with Gasteiger partial charge in [0.25, 0.3) is 0 Å². The first-order valence-electron chi connectivity index (χ1n) is 16.3. The van der Waals surface area contributed by atoms with Crippen molar-refractivity contribution in [2.45, 2.75) is 141 Å². The maximum absolute atomic E-state index is 15.2. The zero-order chi connectivity index (χ0) is 28.2. The Balaban J connectivity index is 1.20. The third-order valence-corrected chi connectivity index (χ3v) is 8.83. The van der Waals surface area contributed by atoms with E-state index in [0.717, 1.165) is 55.6 Å². The Morgan fingerprint density at radius 3 is 2.38 bits per heavy atom. The number of unbranched alkanes of at least 4 members (excludes halogenated alkanes) is 9. The normalized spacial score (nSPS) is 17.6. The molecule has 1 aromatic heterocycles. The first-order valence-corrected chi connectivity index (χ1v) is 16.3. The van der Waals surface area contributed by atoms with Gasteiger partial charge in [0, 0.05) is 18.2 Å². The van der Waals surface area contributed by atoms with Crippen molar-refractivity contribution in [1.82, 2.24) is 4.98 Å². The number of halogens is 3. The molecule has 2 unspecified atom stereocenters. The third-order valence-electron chi connectivity index (χ3n) is 8.83. The van der Waals surface area contributed by atoms with Gasteiger partial charge < -0.3 is 4.74 Å². The summed E-state index contributed by atoms with van der Waals surface area (Å²) in [4.78, 5) is 4.49. The van der Waals surface area contributed by atoms with Crippen molar-refractivity contribution in [1.29, 1.82) is 0 Å². The number of rotatable bonds is 19. The number of ether oxygens (including phenoxy) is 1. The SMILES string of the molecule is CCCCCCC(F)COC1CCc2cc(-c3ccc(CCCCCCCCCC4CC4)cn3)c(F)c(F)c2C1. The maximum Gasteiger partial charge on any atom is 0.168 e. The number of benzene rings is 1. The van der Waals surface area contributed by atoms with E-state index in [4.69, 9.17) is 4.74 Å². The molecule has 0 aliphatic heterocycles. The smallest absolute Gasteiger partial charge is 0.168 e. The van der Waals surface area contributed by atoms with E-state index in [1.165, 1.54) is 57.8 Å². The maximum atomic E-state index is 15.2. The number of aryl methyl sites for hydroxylation is 2.